The third-order valence-electron chi connectivity index (χ3n) is 2.74. The molecule has 2 aliphatic rings. The fourth-order valence-electron chi connectivity index (χ4n) is 2.26. The minimum Gasteiger partial charge on any atom is -0.327 e. The summed E-state index contributed by atoms with van der Waals surface area (Å²) >= 11 is 3.93. The lowest BCUT2D eigenvalue weighted by Gasteiger charge is -2.19. The Morgan fingerprint density at radius 1 is 1.27 bits per heavy atom. The van der Waals surface area contributed by atoms with Crippen LogP contribution in [0.2, 0.25) is 0 Å². The van der Waals surface area contributed by atoms with Crippen molar-refractivity contribution in [2.24, 2.45) is 0 Å². The predicted octanol–water partition coefficient (Wildman–Crippen LogP) is 2.31. The number of carbonyl (C=O) groups is 1. The largest absolute Gasteiger partial charge is 0.327 e. The average Bonchev–Trinajstić information content (AvgIpc) is 2.61. The number of carbonyl (C=O) groups excluding carboxylic acids is 1. The van der Waals surface area contributed by atoms with E-state index in [4.69, 9.17) is 0 Å². The Balaban J connectivity index is 2.09. The first-order valence-corrected chi connectivity index (χ1v) is 5.83. The molecule has 2 nitrogen and oxygen atoms in total. The van der Waals surface area contributed by atoms with E-state index >= 15 is 0 Å². The first-order chi connectivity index (χ1) is 5.33. The maximum Gasteiger partial charge on any atom is 0.292 e. The third kappa shape index (κ3) is 1.16. The molecule has 0 saturated carbocycles. The van der Waals surface area contributed by atoms with Gasteiger partial charge in [-0.3, -0.25) is 4.79 Å². The highest BCUT2D eigenvalue weighted by atomic mass is 33.1. The molecule has 0 aromatic rings. The summed E-state index contributed by atoms with van der Waals surface area (Å²) in [6.07, 6.45) is 4.85. The van der Waals surface area contributed by atoms with Gasteiger partial charge in [-0.2, -0.15) is 0 Å². The van der Waals surface area contributed by atoms with Crippen molar-refractivity contribution in [3.8, 4) is 0 Å². The number of rotatable bonds is 0. The molecule has 0 radical (unpaired) electrons. The zero-order chi connectivity index (χ0) is 7.84. The van der Waals surface area contributed by atoms with Crippen LogP contribution in [0.15, 0.2) is 0 Å². The second-order valence-electron chi connectivity index (χ2n) is 3.23. The van der Waals surface area contributed by atoms with Crippen LogP contribution < -0.4 is 0 Å². The van der Waals surface area contributed by atoms with Gasteiger partial charge in [-0.05, 0) is 25.7 Å². The second-order valence-corrected chi connectivity index (χ2v) is 4.31. The molecule has 0 aromatic carbocycles. The van der Waals surface area contributed by atoms with Crippen LogP contribution in [0, 0.1) is 0 Å². The summed E-state index contributed by atoms with van der Waals surface area (Å²) in [5.41, 5.74) is 0. The standard InChI is InChI=1S/C7H11NOS2/c9-7(11-10)8-5-1-2-6(8)4-3-5/h5-6,10H,1-4H2. The molecule has 2 rings (SSSR count). The van der Waals surface area contributed by atoms with Crippen LogP contribution in [0.25, 0.3) is 0 Å². The molecule has 0 unspecified atom stereocenters. The molecule has 0 aromatic heterocycles. The molecule has 2 aliphatic heterocycles. The van der Waals surface area contributed by atoms with Gasteiger partial charge in [0, 0.05) is 22.9 Å². The van der Waals surface area contributed by atoms with Gasteiger partial charge in [-0.1, -0.05) is 0 Å². The average molecular weight is 189 g/mol. The molecule has 2 saturated heterocycles. The quantitative estimate of drug-likeness (QED) is 0.466. The Bertz CT molecular complexity index is 165. The van der Waals surface area contributed by atoms with Crippen LogP contribution in [0.5, 0.6) is 0 Å². The van der Waals surface area contributed by atoms with Gasteiger partial charge in [0.1, 0.15) is 0 Å². The maximum atomic E-state index is 11.3. The molecule has 4 heteroatoms. The van der Waals surface area contributed by atoms with Gasteiger partial charge in [0.2, 0.25) is 0 Å². The lowest BCUT2D eigenvalue weighted by Crippen LogP contribution is -2.31. The number of thiol groups is 1. The van der Waals surface area contributed by atoms with Gasteiger partial charge in [0.15, 0.2) is 0 Å². The number of fused-ring (bicyclic) bond motifs is 2. The summed E-state index contributed by atoms with van der Waals surface area (Å²) in [7, 11) is 1.05. The summed E-state index contributed by atoms with van der Waals surface area (Å²) in [4.78, 5) is 13.3. The summed E-state index contributed by atoms with van der Waals surface area (Å²) in [6.45, 7) is 0. The fourth-order valence-corrected chi connectivity index (χ4v) is 2.93. The Kier molecular flexibility index (Phi) is 2.06. The monoisotopic (exact) mass is 189 g/mol. The Hall–Kier alpha value is 0.170. The van der Waals surface area contributed by atoms with Crippen LogP contribution >= 0.6 is 22.5 Å². The summed E-state index contributed by atoms with van der Waals surface area (Å²) in [5.74, 6) is 0. The molecule has 0 aliphatic carbocycles. The second kappa shape index (κ2) is 2.90. The summed E-state index contributed by atoms with van der Waals surface area (Å²) in [5, 5.41) is 0.151. The Morgan fingerprint density at radius 3 is 2.09 bits per heavy atom. The highest BCUT2D eigenvalue weighted by Crippen LogP contribution is 2.39. The molecule has 11 heavy (non-hydrogen) atoms. The van der Waals surface area contributed by atoms with Gasteiger partial charge < -0.3 is 4.90 Å². The first kappa shape index (κ1) is 7.80. The van der Waals surface area contributed by atoms with E-state index in [9.17, 15) is 4.79 Å². The maximum absolute atomic E-state index is 11.3. The fraction of sp³-hybridized carbons (Fsp3) is 0.857. The third-order valence-corrected chi connectivity index (χ3v) is 3.58. The van der Waals surface area contributed by atoms with E-state index in [1.54, 1.807) is 0 Å². The van der Waals surface area contributed by atoms with E-state index in [1.165, 1.54) is 25.7 Å². The van der Waals surface area contributed by atoms with Gasteiger partial charge in [-0.15, -0.1) is 11.7 Å². The topological polar surface area (TPSA) is 20.3 Å². The van der Waals surface area contributed by atoms with Crippen LogP contribution in [0.3, 0.4) is 0 Å². The molecule has 2 fully saturated rings. The Morgan fingerprint density at radius 2 is 1.73 bits per heavy atom. The van der Waals surface area contributed by atoms with E-state index < -0.39 is 0 Å². The number of amides is 1. The van der Waals surface area contributed by atoms with Gasteiger partial charge in [0.25, 0.3) is 5.24 Å². The van der Waals surface area contributed by atoms with Crippen molar-refractivity contribution in [1.29, 1.82) is 0 Å². The van der Waals surface area contributed by atoms with E-state index in [0.717, 1.165) is 10.8 Å². The van der Waals surface area contributed by atoms with Gasteiger partial charge in [-0.25, -0.2) is 0 Å². The molecular formula is C7H11NOS2. The molecule has 0 spiro atoms. The van der Waals surface area contributed by atoms with Crippen LogP contribution in [0.4, 0.5) is 4.79 Å². The number of hydrogen-bond donors (Lipinski definition) is 1. The highest BCUT2D eigenvalue weighted by molar-refractivity contribution is 8.74. The van der Waals surface area contributed by atoms with Crippen molar-refractivity contribution < 1.29 is 4.79 Å². The predicted molar refractivity (Wildman–Crippen MR) is 49.9 cm³/mol. The van der Waals surface area contributed by atoms with Crippen molar-refractivity contribution in [1.82, 2.24) is 4.90 Å². The molecular weight excluding hydrogens is 178 g/mol. The molecule has 2 heterocycles. The van der Waals surface area contributed by atoms with E-state index in [-0.39, 0.29) is 5.24 Å². The van der Waals surface area contributed by atoms with Gasteiger partial charge >= 0.3 is 0 Å². The van der Waals surface area contributed by atoms with Crippen LogP contribution in [0.1, 0.15) is 25.7 Å². The van der Waals surface area contributed by atoms with E-state index in [1.807, 2.05) is 4.90 Å². The van der Waals surface area contributed by atoms with Crippen molar-refractivity contribution >= 4 is 27.7 Å². The van der Waals surface area contributed by atoms with Crippen LogP contribution in [-0.4, -0.2) is 22.2 Å². The number of nitrogens with zero attached hydrogens (tertiary/aromatic N) is 1. The van der Waals surface area contributed by atoms with Crippen molar-refractivity contribution in [2.75, 3.05) is 0 Å². The van der Waals surface area contributed by atoms with Gasteiger partial charge in [0.05, 0.1) is 0 Å². The zero-order valence-electron chi connectivity index (χ0n) is 6.19. The summed E-state index contributed by atoms with van der Waals surface area (Å²) in [6, 6.07) is 1.10. The van der Waals surface area contributed by atoms with Crippen molar-refractivity contribution in [3.05, 3.63) is 0 Å². The Labute approximate surface area is 75.5 Å². The highest BCUT2D eigenvalue weighted by Gasteiger charge is 2.41. The number of hydrogen-bond acceptors (Lipinski definition) is 3. The molecule has 0 N–H and O–H groups in total. The molecule has 1 amide bonds. The van der Waals surface area contributed by atoms with Crippen molar-refractivity contribution in [2.45, 2.75) is 37.8 Å². The van der Waals surface area contributed by atoms with Crippen molar-refractivity contribution in [3.63, 3.8) is 0 Å². The summed E-state index contributed by atoms with van der Waals surface area (Å²) < 4.78 is 0. The van der Waals surface area contributed by atoms with Crippen LogP contribution in [-0.2, 0) is 0 Å². The van der Waals surface area contributed by atoms with E-state index in [0.29, 0.717) is 12.1 Å². The molecule has 62 valence electrons. The molecule has 2 bridgehead atoms. The lowest BCUT2D eigenvalue weighted by atomic mass is 10.0. The minimum absolute atomic E-state index is 0.151. The normalized spacial score (nSPS) is 34.8. The SMILES string of the molecule is O=C(SS)N1C2CCC1CC2. The minimum atomic E-state index is 0.151. The first-order valence-electron chi connectivity index (χ1n) is 3.96. The lowest BCUT2D eigenvalue weighted by molar-refractivity contribution is 0.218. The molecule has 0 atom stereocenters. The zero-order valence-corrected chi connectivity index (χ0v) is 7.90. The van der Waals surface area contributed by atoms with E-state index in [2.05, 4.69) is 11.7 Å². The smallest absolute Gasteiger partial charge is 0.292 e.